The van der Waals surface area contributed by atoms with Crippen molar-refractivity contribution in [3.05, 3.63) is 35.4 Å². The molecule has 2 N–H and O–H groups in total. The SMILES string of the molecule is O=C(N[C@H]1CC[C@@H](C(=O)O)C1)C1SCCc2ccccc21. The molecule has 1 aliphatic carbocycles. The molecular formula is C16H19NO3S. The molecule has 3 rings (SSSR count). The third-order valence-corrected chi connectivity index (χ3v) is 5.60. The third kappa shape index (κ3) is 3.07. The lowest BCUT2D eigenvalue weighted by atomic mass is 10.0. The van der Waals surface area contributed by atoms with E-state index in [0.717, 1.165) is 24.2 Å². The fourth-order valence-electron chi connectivity index (χ4n) is 3.22. The van der Waals surface area contributed by atoms with Gasteiger partial charge in [0.2, 0.25) is 5.91 Å². The van der Waals surface area contributed by atoms with Crippen molar-refractivity contribution in [1.29, 1.82) is 0 Å². The van der Waals surface area contributed by atoms with Gasteiger partial charge in [-0.15, -0.1) is 11.8 Å². The number of aliphatic carboxylic acids is 1. The number of thioether (sulfide) groups is 1. The summed E-state index contributed by atoms with van der Waals surface area (Å²) in [6, 6.07) is 8.11. The highest BCUT2D eigenvalue weighted by molar-refractivity contribution is 8.00. The predicted octanol–water partition coefficient (Wildman–Crippen LogP) is 2.39. The molecule has 0 bridgehead atoms. The quantitative estimate of drug-likeness (QED) is 0.900. The minimum atomic E-state index is -0.746. The summed E-state index contributed by atoms with van der Waals surface area (Å²) in [5, 5.41) is 11.9. The Bertz CT molecular complexity index is 560. The lowest BCUT2D eigenvalue weighted by molar-refractivity contribution is -0.141. The number of amides is 1. The number of rotatable bonds is 3. The number of carbonyl (C=O) groups excluding carboxylic acids is 1. The van der Waals surface area contributed by atoms with Gasteiger partial charge in [-0.25, -0.2) is 0 Å². The Morgan fingerprint density at radius 3 is 2.81 bits per heavy atom. The first-order valence-corrected chi connectivity index (χ1v) is 8.42. The highest BCUT2D eigenvalue weighted by Crippen LogP contribution is 2.37. The Morgan fingerprint density at radius 2 is 2.05 bits per heavy atom. The summed E-state index contributed by atoms with van der Waals surface area (Å²) in [7, 11) is 0. The van der Waals surface area contributed by atoms with E-state index in [1.165, 1.54) is 5.56 Å². The Hall–Kier alpha value is -1.49. The molecule has 1 unspecified atom stereocenters. The average Bonchev–Trinajstić information content (AvgIpc) is 2.95. The second-order valence-electron chi connectivity index (χ2n) is 5.75. The van der Waals surface area contributed by atoms with Crippen molar-refractivity contribution in [2.45, 2.75) is 37.0 Å². The smallest absolute Gasteiger partial charge is 0.306 e. The van der Waals surface area contributed by atoms with Crippen molar-refractivity contribution in [1.82, 2.24) is 5.32 Å². The molecule has 0 spiro atoms. The van der Waals surface area contributed by atoms with E-state index in [-0.39, 0.29) is 23.1 Å². The molecule has 4 nitrogen and oxygen atoms in total. The van der Waals surface area contributed by atoms with Gasteiger partial charge in [0.1, 0.15) is 5.25 Å². The summed E-state index contributed by atoms with van der Waals surface area (Å²) >= 11 is 1.68. The summed E-state index contributed by atoms with van der Waals surface area (Å²) in [6.45, 7) is 0. The maximum absolute atomic E-state index is 12.5. The lowest BCUT2D eigenvalue weighted by Crippen LogP contribution is -2.37. The molecule has 21 heavy (non-hydrogen) atoms. The molecule has 112 valence electrons. The Kier molecular flexibility index (Phi) is 4.19. The molecule has 1 aromatic carbocycles. The monoisotopic (exact) mass is 305 g/mol. The molecule has 5 heteroatoms. The second-order valence-corrected chi connectivity index (χ2v) is 6.97. The molecule has 2 aliphatic rings. The second kappa shape index (κ2) is 6.10. The van der Waals surface area contributed by atoms with E-state index < -0.39 is 5.97 Å². The fourth-order valence-corrected chi connectivity index (χ4v) is 4.43. The van der Waals surface area contributed by atoms with Crippen LogP contribution in [0.2, 0.25) is 0 Å². The van der Waals surface area contributed by atoms with Crippen LogP contribution in [0.3, 0.4) is 0 Å². The van der Waals surface area contributed by atoms with Gasteiger partial charge < -0.3 is 10.4 Å². The van der Waals surface area contributed by atoms with Crippen LogP contribution in [0.5, 0.6) is 0 Å². The summed E-state index contributed by atoms with van der Waals surface area (Å²) in [4.78, 5) is 23.5. The van der Waals surface area contributed by atoms with E-state index >= 15 is 0 Å². The van der Waals surface area contributed by atoms with Crippen molar-refractivity contribution < 1.29 is 14.7 Å². The van der Waals surface area contributed by atoms with E-state index in [0.29, 0.717) is 12.8 Å². The Morgan fingerprint density at radius 1 is 1.24 bits per heavy atom. The van der Waals surface area contributed by atoms with Gasteiger partial charge >= 0.3 is 5.97 Å². The summed E-state index contributed by atoms with van der Waals surface area (Å²) in [5.74, 6) is -0.0636. The number of carboxylic acid groups (broad SMARTS) is 1. The molecule has 1 heterocycles. The number of benzene rings is 1. The largest absolute Gasteiger partial charge is 0.481 e. The molecule has 1 aromatic rings. The molecule has 0 radical (unpaired) electrons. The molecule has 1 saturated carbocycles. The number of carbonyl (C=O) groups is 2. The minimum absolute atomic E-state index is 0.00767. The summed E-state index contributed by atoms with van der Waals surface area (Å²) < 4.78 is 0. The van der Waals surface area contributed by atoms with Gasteiger partial charge in [0, 0.05) is 6.04 Å². The number of aryl methyl sites for hydroxylation is 1. The van der Waals surface area contributed by atoms with Crippen molar-refractivity contribution in [3.63, 3.8) is 0 Å². The van der Waals surface area contributed by atoms with Crippen LogP contribution < -0.4 is 5.32 Å². The van der Waals surface area contributed by atoms with Crippen molar-refractivity contribution >= 4 is 23.6 Å². The number of hydrogen-bond acceptors (Lipinski definition) is 3. The fraction of sp³-hybridized carbons (Fsp3) is 0.500. The number of nitrogens with one attached hydrogen (secondary N) is 1. The van der Waals surface area contributed by atoms with Crippen molar-refractivity contribution in [2.75, 3.05) is 5.75 Å². The zero-order valence-electron chi connectivity index (χ0n) is 11.7. The van der Waals surface area contributed by atoms with Crippen molar-refractivity contribution in [2.24, 2.45) is 5.92 Å². The first-order chi connectivity index (χ1) is 10.1. The van der Waals surface area contributed by atoms with Crippen molar-refractivity contribution in [3.8, 4) is 0 Å². The van der Waals surface area contributed by atoms with E-state index in [9.17, 15) is 9.59 Å². The number of carboxylic acids is 1. The van der Waals surface area contributed by atoms with Gasteiger partial charge in [-0.2, -0.15) is 0 Å². The van der Waals surface area contributed by atoms with Gasteiger partial charge in [-0.05, 0) is 42.6 Å². The molecule has 1 amide bonds. The van der Waals surface area contributed by atoms with E-state index in [1.54, 1.807) is 11.8 Å². The Balaban J connectivity index is 1.66. The predicted molar refractivity (Wildman–Crippen MR) is 82.3 cm³/mol. The van der Waals surface area contributed by atoms with Crippen LogP contribution in [0.25, 0.3) is 0 Å². The normalized spacial score (nSPS) is 27.9. The van der Waals surface area contributed by atoms with Gasteiger partial charge in [0.25, 0.3) is 0 Å². The molecule has 1 aliphatic heterocycles. The Labute approximate surface area is 128 Å². The van der Waals surface area contributed by atoms with Gasteiger partial charge in [0.05, 0.1) is 5.92 Å². The van der Waals surface area contributed by atoms with Crippen LogP contribution in [0, 0.1) is 5.92 Å². The zero-order valence-corrected chi connectivity index (χ0v) is 12.6. The highest BCUT2D eigenvalue weighted by atomic mass is 32.2. The standard InChI is InChI=1S/C16H19NO3S/c18-15(17-12-6-5-11(9-12)16(19)20)14-13-4-2-1-3-10(13)7-8-21-14/h1-4,11-12,14H,5-9H2,(H,17,18)(H,19,20)/t11-,12+,14?/m1/s1. The summed E-state index contributed by atoms with van der Waals surface area (Å²) in [5.41, 5.74) is 2.37. The van der Waals surface area contributed by atoms with Crippen LogP contribution in [0.4, 0.5) is 0 Å². The van der Waals surface area contributed by atoms with Crippen LogP contribution in [0.1, 0.15) is 35.6 Å². The average molecular weight is 305 g/mol. The maximum atomic E-state index is 12.5. The van der Waals surface area contributed by atoms with Crippen LogP contribution >= 0.6 is 11.8 Å². The molecule has 0 aromatic heterocycles. The van der Waals surface area contributed by atoms with E-state index in [1.807, 2.05) is 18.2 Å². The van der Waals surface area contributed by atoms with E-state index in [2.05, 4.69) is 11.4 Å². The van der Waals surface area contributed by atoms with Crippen LogP contribution in [0.15, 0.2) is 24.3 Å². The van der Waals surface area contributed by atoms with Crippen LogP contribution in [-0.4, -0.2) is 28.8 Å². The highest BCUT2D eigenvalue weighted by Gasteiger charge is 2.33. The molecule has 0 saturated heterocycles. The molecular weight excluding hydrogens is 286 g/mol. The maximum Gasteiger partial charge on any atom is 0.306 e. The summed E-state index contributed by atoms with van der Waals surface area (Å²) in [6.07, 6.45) is 2.99. The first kappa shape index (κ1) is 14.4. The van der Waals surface area contributed by atoms with Gasteiger partial charge in [-0.3, -0.25) is 9.59 Å². The van der Waals surface area contributed by atoms with Crippen LogP contribution in [-0.2, 0) is 16.0 Å². The third-order valence-electron chi connectivity index (χ3n) is 4.36. The zero-order chi connectivity index (χ0) is 14.8. The molecule has 1 fully saturated rings. The van der Waals surface area contributed by atoms with Gasteiger partial charge in [-0.1, -0.05) is 24.3 Å². The number of hydrogen-bond donors (Lipinski definition) is 2. The first-order valence-electron chi connectivity index (χ1n) is 7.37. The minimum Gasteiger partial charge on any atom is -0.481 e. The molecule has 3 atom stereocenters. The topological polar surface area (TPSA) is 66.4 Å². The lowest BCUT2D eigenvalue weighted by Gasteiger charge is -2.25. The number of fused-ring (bicyclic) bond motifs is 1. The van der Waals surface area contributed by atoms with E-state index in [4.69, 9.17) is 5.11 Å². The van der Waals surface area contributed by atoms with Gasteiger partial charge in [0.15, 0.2) is 0 Å².